The number of anilines is 1. The summed E-state index contributed by atoms with van der Waals surface area (Å²) in [5, 5.41) is 9.53. The fourth-order valence-electron chi connectivity index (χ4n) is 3.63. The maximum Gasteiger partial charge on any atom is 0.307 e. The highest BCUT2D eigenvalue weighted by Crippen LogP contribution is 2.35. The fraction of sp³-hybridized carbons (Fsp3) is 0.556. The van der Waals surface area contributed by atoms with Gasteiger partial charge in [0.25, 0.3) is 0 Å². The van der Waals surface area contributed by atoms with Crippen molar-refractivity contribution < 1.29 is 14.7 Å². The molecule has 0 spiro atoms. The molecule has 134 valence electrons. The van der Waals surface area contributed by atoms with Crippen LogP contribution in [0.15, 0.2) is 29.6 Å². The van der Waals surface area contributed by atoms with E-state index in [0.29, 0.717) is 45.0 Å². The Hall–Kier alpha value is -2.44. The van der Waals surface area contributed by atoms with Gasteiger partial charge in [-0.15, -0.1) is 0 Å². The first kappa shape index (κ1) is 17.4. The number of hydrogen-bond donors (Lipinski definition) is 1. The lowest BCUT2D eigenvalue weighted by Gasteiger charge is -2.38. The third-order valence-electron chi connectivity index (χ3n) is 5.33. The highest BCUT2D eigenvalue weighted by Gasteiger charge is 2.39. The quantitative estimate of drug-likeness (QED) is 0.838. The number of aliphatic carboxylic acids is 1. The molecule has 1 fully saturated rings. The molecule has 1 aromatic rings. The Kier molecular flexibility index (Phi) is 5.01. The Morgan fingerprint density at radius 3 is 2.12 bits per heavy atom. The molecule has 2 atom stereocenters. The van der Waals surface area contributed by atoms with Crippen LogP contribution in [0.4, 0.5) is 5.95 Å². The molecule has 1 aliphatic carbocycles. The summed E-state index contributed by atoms with van der Waals surface area (Å²) in [6, 6.07) is 1.77. The Labute approximate surface area is 147 Å². The average molecular weight is 344 g/mol. The van der Waals surface area contributed by atoms with Crippen molar-refractivity contribution in [3.8, 4) is 0 Å². The van der Waals surface area contributed by atoms with Crippen LogP contribution in [0, 0.1) is 11.8 Å². The van der Waals surface area contributed by atoms with Crippen molar-refractivity contribution in [3.05, 3.63) is 29.6 Å². The van der Waals surface area contributed by atoms with E-state index in [1.54, 1.807) is 23.4 Å². The zero-order chi connectivity index (χ0) is 18.0. The Morgan fingerprint density at radius 2 is 1.56 bits per heavy atom. The molecule has 0 aromatic carbocycles. The first-order valence-electron chi connectivity index (χ1n) is 8.66. The highest BCUT2D eigenvalue weighted by molar-refractivity contribution is 5.86. The monoisotopic (exact) mass is 344 g/mol. The van der Waals surface area contributed by atoms with Crippen molar-refractivity contribution in [3.63, 3.8) is 0 Å². The first-order valence-corrected chi connectivity index (χ1v) is 8.66. The number of carbonyl (C=O) groups excluding carboxylic acids is 1. The minimum Gasteiger partial charge on any atom is -0.481 e. The van der Waals surface area contributed by atoms with Gasteiger partial charge >= 0.3 is 5.97 Å². The highest BCUT2D eigenvalue weighted by atomic mass is 16.4. The summed E-state index contributed by atoms with van der Waals surface area (Å²) in [7, 11) is 0. The number of rotatable bonds is 3. The van der Waals surface area contributed by atoms with Crippen LogP contribution in [0.25, 0.3) is 0 Å². The summed E-state index contributed by atoms with van der Waals surface area (Å²) in [6.45, 7) is 6.43. The molecule has 1 aromatic heterocycles. The van der Waals surface area contributed by atoms with Gasteiger partial charge in [-0.2, -0.15) is 0 Å². The van der Waals surface area contributed by atoms with E-state index in [0.717, 1.165) is 11.1 Å². The van der Waals surface area contributed by atoms with Gasteiger partial charge in [-0.05, 0) is 32.8 Å². The molecule has 7 heteroatoms. The number of carboxylic acids is 1. The van der Waals surface area contributed by atoms with Crippen LogP contribution >= 0.6 is 0 Å². The van der Waals surface area contributed by atoms with Gasteiger partial charge in [0.2, 0.25) is 11.9 Å². The lowest BCUT2D eigenvalue weighted by molar-refractivity contribution is -0.151. The number of piperazine rings is 1. The largest absolute Gasteiger partial charge is 0.481 e. The van der Waals surface area contributed by atoms with Gasteiger partial charge in [0, 0.05) is 38.6 Å². The predicted molar refractivity (Wildman–Crippen MR) is 93.0 cm³/mol. The molecule has 3 rings (SSSR count). The summed E-state index contributed by atoms with van der Waals surface area (Å²) in [6.07, 6.45) is 4.42. The van der Waals surface area contributed by atoms with Crippen LogP contribution in [0.3, 0.4) is 0 Å². The number of amides is 1. The van der Waals surface area contributed by atoms with E-state index in [1.807, 2.05) is 13.8 Å². The van der Waals surface area contributed by atoms with Crippen LogP contribution in [0.1, 0.15) is 26.7 Å². The molecule has 1 saturated heterocycles. The molecule has 0 unspecified atom stereocenters. The zero-order valence-electron chi connectivity index (χ0n) is 14.7. The lowest BCUT2D eigenvalue weighted by Crippen LogP contribution is -2.52. The van der Waals surface area contributed by atoms with E-state index in [-0.39, 0.29) is 5.91 Å². The third-order valence-corrected chi connectivity index (χ3v) is 5.33. The Balaban J connectivity index is 1.66. The predicted octanol–water partition coefficient (Wildman–Crippen LogP) is 1.57. The van der Waals surface area contributed by atoms with E-state index >= 15 is 0 Å². The van der Waals surface area contributed by atoms with E-state index in [9.17, 15) is 14.7 Å². The van der Waals surface area contributed by atoms with Crippen molar-refractivity contribution in [2.75, 3.05) is 31.1 Å². The minimum absolute atomic E-state index is 0.0344. The average Bonchev–Trinajstić information content (AvgIpc) is 2.63. The summed E-state index contributed by atoms with van der Waals surface area (Å²) < 4.78 is 0. The van der Waals surface area contributed by atoms with Gasteiger partial charge in [0.1, 0.15) is 0 Å². The van der Waals surface area contributed by atoms with Gasteiger partial charge in [0.05, 0.1) is 11.8 Å². The van der Waals surface area contributed by atoms with Crippen molar-refractivity contribution in [2.45, 2.75) is 26.7 Å². The molecule has 1 N–H and O–H groups in total. The normalized spacial score (nSPS) is 24.4. The summed E-state index contributed by atoms with van der Waals surface area (Å²) >= 11 is 0. The SMILES string of the molecule is CC1=C(C)C[C@@H](C(=O)N2CCN(c3ncccn3)CC2)[C@@H](C(=O)O)C1. The number of carbonyl (C=O) groups is 2. The Morgan fingerprint density at radius 1 is 1.00 bits per heavy atom. The maximum absolute atomic E-state index is 13.0. The molecule has 0 saturated carbocycles. The van der Waals surface area contributed by atoms with Gasteiger partial charge in [-0.25, -0.2) is 9.97 Å². The van der Waals surface area contributed by atoms with E-state index in [2.05, 4.69) is 14.9 Å². The zero-order valence-corrected chi connectivity index (χ0v) is 14.7. The maximum atomic E-state index is 13.0. The van der Waals surface area contributed by atoms with Crippen LogP contribution in [-0.2, 0) is 9.59 Å². The van der Waals surface area contributed by atoms with Crippen LogP contribution in [0.2, 0.25) is 0 Å². The number of allylic oxidation sites excluding steroid dienone is 2. The van der Waals surface area contributed by atoms with Crippen molar-refractivity contribution in [1.82, 2.24) is 14.9 Å². The third kappa shape index (κ3) is 3.65. The number of carboxylic acid groups (broad SMARTS) is 1. The van der Waals surface area contributed by atoms with Crippen LogP contribution < -0.4 is 4.90 Å². The van der Waals surface area contributed by atoms with Crippen molar-refractivity contribution in [1.29, 1.82) is 0 Å². The Bertz CT molecular complexity index is 681. The molecule has 1 amide bonds. The lowest BCUT2D eigenvalue weighted by atomic mass is 9.76. The second-order valence-electron chi connectivity index (χ2n) is 6.88. The topological polar surface area (TPSA) is 86.6 Å². The van der Waals surface area contributed by atoms with Crippen molar-refractivity contribution in [2.24, 2.45) is 11.8 Å². The van der Waals surface area contributed by atoms with Crippen LogP contribution in [0.5, 0.6) is 0 Å². The summed E-state index contributed by atoms with van der Waals surface area (Å²) in [4.78, 5) is 36.9. The summed E-state index contributed by atoms with van der Waals surface area (Å²) in [5.41, 5.74) is 2.25. The van der Waals surface area contributed by atoms with Crippen molar-refractivity contribution >= 4 is 17.8 Å². The molecular weight excluding hydrogens is 320 g/mol. The van der Waals surface area contributed by atoms with Gasteiger partial charge in [0.15, 0.2) is 0 Å². The van der Waals surface area contributed by atoms with E-state index < -0.39 is 17.8 Å². The molecule has 1 aliphatic heterocycles. The molecule has 25 heavy (non-hydrogen) atoms. The molecule has 2 aliphatic rings. The smallest absolute Gasteiger partial charge is 0.307 e. The second-order valence-corrected chi connectivity index (χ2v) is 6.88. The first-order chi connectivity index (χ1) is 12.0. The molecule has 7 nitrogen and oxygen atoms in total. The van der Waals surface area contributed by atoms with Crippen LogP contribution in [-0.4, -0.2) is 58.0 Å². The molecule has 0 bridgehead atoms. The van der Waals surface area contributed by atoms with E-state index in [1.165, 1.54) is 0 Å². The molecular formula is C18H24N4O3. The number of aromatic nitrogens is 2. The number of hydrogen-bond acceptors (Lipinski definition) is 5. The second kappa shape index (κ2) is 7.21. The van der Waals surface area contributed by atoms with Gasteiger partial charge in [-0.1, -0.05) is 11.1 Å². The summed E-state index contributed by atoms with van der Waals surface area (Å²) in [5.74, 6) is -1.31. The number of nitrogens with zero attached hydrogens (tertiary/aromatic N) is 4. The minimum atomic E-state index is -0.874. The van der Waals surface area contributed by atoms with Gasteiger partial charge < -0.3 is 14.9 Å². The van der Waals surface area contributed by atoms with E-state index in [4.69, 9.17) is 0 Å². The standard InChI is InChI=1S/C18H24N4O3/c1-12-10-14(15(17(24)25)11-13(12)2)16(23)21-6-8-22(9-7-21)18-19-4-3-5-20-18/h3-5,14-15H,6-11H2,1-2H3,(H,24,25)/t14-,15+/m1/s1. The fourth-order valence-corrected chi connectivity index (χ4v) is 3.63. The molecule has 2 heterocycles. The van der Waals surface area contributed by atoms with Gasteiger partial charge in [-0.3, -0.25) is 9.59 Å². The molecule has 0 radical (unpaired) electrons.